The summed E-state index contributed by atoms with van der Waals surface area (Å²) in [5.74, 6) is 0.442. The summed E-state index contributed by atoms with van der Waals surface area (Å²) in [5, 5.41) is 0. The van der Waals surface area contributed by atoms with Crippen LogP contribution in [0.5, 0.6) is 5.75 Å². The molecule has 0 aromatic heterocycles. The highest BCUT2D eigenvalue weighted by atomic mass is 19.4. The lowest BCUT2D eigenvalue weighted by Crippen LogP contribution is -2.29. The fourth-order valence-corrected chi connectivity index (χ4v) is 4.96. The molecule has 3 aromatic rings. The smallest absolute Gasteiger partial charge is 0.417 e. The van der Waals surface area contributed by atoms with Crippen molar-refractivity contribution < 1.29 is 22.3 Å². The van der Waals surface area contributed by atoms with E-state index in [9.17, 15) is 17.6 Å². The Morgan fingerprint density at radius 3 is 2.32 bits per heavy atom. The van der Waals surface area contributed by atoms with Gasteiger partial charge in [0.15, 0.2) is 0 Å². The topological polar surface area (TPSA) is 12.5 Å². The van der Waals surface area contributed by atoms with E-state index in [4.69, 9.17) is 4.74 Å². The van der Waals surface area contributed by atoms with E-state index in [1.165, 1.54) is 18.2 Å². The highest BCUT2D eigenvalue weighted by Gasteiger charge is 2.34. The molecule has 1 heterocycles. The van der Waals surface area contributed by atoms with Gasteiger partial charge in [0, 0.05) is 12.1 Å². The minimum Gasteiger partial charge on any atom is -0.493 e. The van der Waals surface area contributed by atoms with E-state index in [0.29, 0.717) is 30.7 Å². The van der Waals surface area contributed by atoms with Crippen molar-refractivity contribution in [3.05, 3.63) is 88.5 Å². The first-order chi connectivity index (χ1) is 18.4. The Balaban J connectivity index is 1.70. The van der Waals surface area contributed by atoms with Crippen molar-refractivity contribution in [3.63, 3.8) is 0 Å². The quantitative estimate of drug-likeness (QED) is 0.149. The van der Waals surface area contributed by atoms with Crippen LogP contribution in [0.25, 0.3) is 23.3 Å². The van der Waals surface area contributed by atoms with Gasteiger partial charge in [-0.25, -0.2) is 0 Å². The van der Waals surface area contributed by atoms with E-state index in [1.54, 1.807) is 6.08 Å². The molecule has 0 N–H and O–H groups in total. The molecular weight excluding hydrogens is 490 g/mol. The molecule has 2 nitrogen and oxygen atoms in total. The zero-order valence-corrected chi connectivity index (χ0v) is 21.9. The zero-order chi connectivity index (χ0) is 27.0. The standard InChI is InChI=1S/C32H35F4NO/c1-24-25(13-10-14-29(24)26-11-4-2-5-12-26)15-16-27-22-31(38-20-9-6-17-33)28(21-30(27)32(34,35)36)23-37-18-7-3-8-19-37/h2,4-5,10-16,21-22H,3,6-9,17-20,23H2,1H3/b16-15+. The number of likely N-dealkylation sites (tertiary alicyclic amines) is 1. The lowest BCUT2D eigenvalue weighted by Gasteiger charge is -2.28. The normalized spacial score (nSPS) is 14.8. The van der Waals surface area contributed by atoms with Crippen LogP contribution in [0, 0.1) is 6.92 Å². The Morgan fingerprint density at radius 1 is 0.868 bits per heavy atom. The molecule has 0 radical (unpaired) electrons. The van der Waals surface area contributed by atoms with Crippen molar-refractivity contribution in [2.24, 2.45) is 0 Å². The zero-order valence-electron chi connectivity index (χ0n) is 21.9. The number of unbranched alkanes of at least 4 members (excludes halogenated alkanes) is 1. The number of ether oxygens (including phenoxy) is 1. The first-order valence-electron chi connectivity index (χ1n) is 13.3. The Labute approximate surface area is 222 Å². The summed E-state index contributed by atoms with van der Waals surface area (Å²) in [6.07, 6.45) is 2.86. The van der Waals surface area contributed by atoms with Crippen LogP contribution in [0.1, 0.15) is 59.9 Å². The summed E-state index contributed by atoms with van der Waals surface area (Å²) in [5.41, 5.74) is 3.85. The van der Waals surface area contributed by atoms with Crippen molar-refractivity contribution in [1.29, 1.82) is 0 Å². The first-order valence-corrected chi connectivity index (χ1v) is 13.3. The van der Waals surface area contributed by atoms with Crippen LogP contribution in [0.15, 0.2) is 60.7 Å². The number of alkyl halides is 4. The predicted molar refractivity (Wildman–Crippen MR) is 147 cm³/mol. The Bertz CT molecular complexity index is 1210. The van der Waals surface area contributed by atoms with Crippen LogP contribution in [0.4, 0.5) is 17.6 Å². The summed E-state index contributed by atoms with van der Waals surface area (Å²) >= 11 is 0. The van der Waals surface area contributed by atoms with Crippen molar-refractivity contribution in [2.75, 3.05) is 26.4 Å². The molecular formula is C32H35F4NO. The third-order valence-electron chi connectivity index (χ3n) is 7.07. The van der Waals surface area contributed by atoms with Gasteiger partial charge >= 0.3 is 6.18 Å². The van der Waals surface area contributed by atoms with Crippen LogP contribution in [0.3, 0.4) is 0 Å². The molecule has 0 bridgehead atoms. The van der Waals surface area contributed by atoms with Gasteiger partial charge in [-0.05, 0) is 85.6 Å². The third-order valence-corrected chi connectivity index (χ3v) is 7.07. The highest BCUT2D eigenvalue weighted by Crippen LogP contribution is 2.38. The average molecular weight is 526 g/mol. The van der Waals surface area contributed by atoms with Gasteiger partial charge in [0.1, 0.15) is 5.75 Å². The van der Waals surface area contributed by atoms with Gasteiger partial charge < -0.3 is 4.74 Å². The average Bonchev–Trinajstić information content (AvgIpc) is 2.92. The number of nitrogens with zero attached hydrogens (tertiary/aromatic N) is 1. The van der Waals surface area contributed by atoms with Crippen molar-refractivity contribution in [2.45, 2.75) is 51.7 Å². The lowest BCUT2D eigenvalue weighted by molar-refractivity contribution is -0.137. The van der Waals surface area contributed by atoms with Crippen LogP contribution >= 0.6 is 0 Å². The maximum Gasteiger partial charge on any atom is 0.417 e. The second-order valence-electron chi connectivity index (χ2n) is 9.85. The van der Waals surface area contributed by atoms with E-state index < -0.39 is 18.4 Å². The summed E-state index contributed by atoms with van der Waals surface area (Å²) in [4.78, 5) is 2.18. The van der Waals surface area contributed by atoms with Crippen LogP contribution in [-0.2, 0) is 12.7 Å². The molecule has 202 valence electrons. The maximum absolute atomic E-state index is 14.3. The number of rotatable bonds is 10. The fraction of sp³-hybridized carbons (Fsp3) is 0.375. The number of benzene rings is 3. The predicted octanol–water partition coefficient (Wildman–Crippen LogP) is 8.97. The largest absolute Gasteiger partial charge is 0.493 e. The van der Waals surface area contributed by atoms with Crippen molar-refractivity contribution >= 4 is 12.2 Å². The Morgan fingerprint density at radius 2 is 1.61 bits per heavy atom. The van der Waals surface area contributed by atoms with Gasteiger partial charge in [0.25, 0.3) is 0 Å². The van der Waals surface area contributed by atoms with Crippen LogP contribution in [-0.4, -0.2) is 31.3 Å². The molecule has 6 heteroatoms. The van der Waals surface area contributed by atoms with Gasteiger partial charge in [0.05, 0.1) is 18.8 Å². The number of halogens is 4. The SMILES string of the molecule is Cc1c(/C=C/c2cc(OCCCCF)c(CN3CCCCC3)cc2C(F)(F)F)cccc1-c1ccccc1. The molecule has 1 fully saturated rings. The van der Waals surface area contributed by atoms with E-state index >= 15 is 0 Å². The maximum atomic E-state index is 14.3. The Hall–Kier alpha value is -3.12. The molecule has 1 saturated heterocycles. The summed E-state index contributed by atoms with van der Waals surface area (Å²) < 4.78 is 61.3. The van der Waals surface area contributed by atoms with Crippen LogP contribution in [0.2, 0.25) is 0 Å². The molecule has 38 heavy (non-hydrogen) atoms. The number of hydrogen-bond acceptors (Lipinski definition) is 2. The summed E-state index contributed by atoms with van der Waals surface area (Å²) in [6.45, 7) is 3.94. The van der Waals surface area contributed by atoms with E-state index in [1.807, 2.05) is 55.5 Å². The van der Waals surface area contributed by atoms with Gasteiger partial charge in [-0.3, -0.25) is 9.29 Å². The molecule has 3 aromatic carbocycles. The molecule has 0 aliphatic carbocycles. The van der Waals surface area contributed by atoms with Gasteiger partial charge in [0.2, 0.25) is 0 Å². The van der Waals surface area contributed by atoms with Crippen molar-refractivity contribution in [1.82, 2.24) is 4.90 Å². The first kappa shape index (κ1) is 27.9. The summed E-state index contributed by atoms with van der Waals surface area (Å²) in [6, 6.07) is 18.5. The highest BCUT2D eigenvalue weighted by molar-refractivity contribution is 5.78. The molecule has 1 aliphatic heterocycles. The molecule has 0 unspecified atom stereocenters. The van der Waals surface area contributed by atoms with Crippen molar-refractivity contribution in [3.8, 4) is 16.9 Å². The Kier molecular flexibility index (Phi) is 9.62. The monoisotopic (exact) mass is 525 g/mol. The summed E-state index contributed by atoms with van der Waals surface area (Å²) in [7, 11) is 0. The second kappa shape index (κ2) is 13.1. The molecule has 4 rings (SSSR count). The molecule has 1 aliphatic rings. The van der Waals surface area contributed by atoms with Crippen LogP contribution < -0.4 is 4.74 Å². The minimum absolute atomic E-state index is 0.0601. The van der Waals surface area contributed by atoms with E-state index in [2.05, 4.69) is 4.90 Å². The van der Waals surface area contributed by atoms with E-state index in [0.717, 1.165) is 54.6 Å². The second-order valence-corrected chi connectivity index (χ2v) is 9.85. The number of piperidine rings is 1. The number of hydrogen-bond donors (Lipinski definition) is 0. The molecule has 0 amide bonds. The minimum atomic E-state index is -4.51. The molecule has 0 spiro atoms. The fourth-order valence-electron chi connectivity index (χ4n) is 4.96. The van der Waals surface area contributed by atoms with Gasteiger partial charge in [-0.1, -0.05) is 67.1 Å². The van der Waals surface area contributed by atoms with Gasteiger partial charge in [-0.2, -0.15) is 13.2 Å². The van der Waals surface area contributed by atoms with E-state index in [-0.39, 0.29) is 12.2 Å². The molecule has 0 atom stereocenters. The third kappa shape index (κ3) is 7.25. The lowest BCUT2D eigenvalue weighted by atomic mass is 9.95. The van der Waals surface area contributed by atoms with Gasteiger partial charge in [-0.15, -0.1) is 0 Å². The molecule has 0 saturated carbocycles.